The van der Waals surface area contributed by atoms with Crippen LogP contribution in [0, 0.1) is 17.2 Å². The maximum absolute atomic E-state index is 9.63. The minimum atomic E-state index is -0.0139. The molecule has 0 aliphatic carbocycles. The number of hydrogen-bond donors (Lipinski definition) is 1. The van der Waals surface area contributed by atoms with E-state index in [1.165, 1.54) is 5.37 Å². The highest BCUT2D eigenvalue weighted by Crippen LogP contribution is 2.24. The van der Waals surface area contributed by atoms with Gasteiger partial charge in [0, 0.05) is 10.9 Å². The van der Waals surface area contributed by atoms with E-state index in [0.717, 1.165) is 12.0 Å². The molecule has 0 unspecified atom stereocenters. The highest BCUT2D eigenvalue weighted by Gasteiger charge is 2.08. The molecule has 15 heavy (non-hydrogen) atoms. The molecule has 0 saturated heterocycles. The average molecular weight is 219 g/mol. The second kappa shape index (κ2) is 4.90. The molecule has 3 heteroatoms. The highest BCUT2D eigenvalue weighted by molar-refractivity contribution is 7.79. The first-order valence-corrected chi connectivity index (χ1v) is 5.26. The monoisotopic (exact) mass is 219 g/mol. The van der Waals surface area contributed by atoms with E-state index >= 15 is 0 Å². The van der Waals surface area contributed by atoms with Crippen molar-refractivity contribution in [2.45, 2.75) is 20.3 Å². The molecule has 0 aliphatic rings. The number of rotatable bonds is 3. The SMILES string of the molecule is CC(C)Cc1cc(C#N)c(O)c(C=S)c1. The molecule has 1 rings (SSSR count). The molecule has 1 aromatic rings. The van der Waals surface area contributed by atoms with Crippen LogP contribution >= 0.6 is 12.2 Å². The largest absolute Gasteiger partial charge is 0.506 e. The summed E-state index contributed by atoms with van der Waals surface area (Å²) < 4.78 is 0. The third kappa shape index (κ3) is 2.77. The second-order valence-corrected chi connectivity index (χ2v) is 4.14. The molecule has 0 bridgehead atoms. The van der Waals surface area contributed by atoms with Gasteiger partial charge < -0.3 is 5.11 Å². The van der Waals surface area contributed by atoms with Crippen LogP contribution in [0.5, 0.6) is 5.75 Å². The van der Waals surface area contributed by atoms with Gasteiger partial charge in [-0.25, -0.2) is 0 Å². The number of nitrogens with zero attached hydrogens (tertiary/aromatic N) is 1. The zero-order valence-corrected chi connectivity index (χ0v) is 9.64. The summed E-state index contributed by atoms with van der Waals surface area (Å²) in [6, 6.07) is 5.52. The zero-order chi connectivity index (χ0) is 11.4. The molecule has 0 fully saturated rings. The predicted molar refractivity (Wildman–Crippen MR) is 64.1 cm³/mol. The first-order valence-electron chi connectivity index (χ1n) is 4.79. The minimum absolute atomic E-state index is 0.0139. The first kappa shape index (κ1) is 11.7. The fourth-order valence-electron chi connectivity index (χ4n) is 1.48. The van der Waals surface area contributed by atoms with Crippen LogP contribution in [0.25, 0.3) is 0 Å². The predicted octanol–water partition coefficient (Wildman–Crippen LogP) is 2.81. The number of aromatic hydroxyl groups is 1. The number of phenols is 1. The third-order valence-corrected chi connectivity index (χ3v) is 2.34. The van der Waals surface area contributed by atoms with E-state index in [1.54, 1.807) is 6.07 Å². The van der Waals surface area contributed by atoms with Gasteiger partial charge in [-0.05, 0) is 30.0 Å². The van der Waals surface area contributed by atoms with E-state index in [4.69, 9.17) is 17.5 Å². The number of benzene rings is 1. The summed E-state index contributed by atoms with van der Waals surface area (Å²) in [5.41, 5.74) is 1.89. The summed E-state index contributed by atoms with van der Waals surface area (Å²) in [6.45, 7) is 4.21. The Kier molecular flexibility index (Phi) is 3.81. The van der Waals surface area contributed by atoms with Gasteiger partial charge in [-0.1, -0.05) is 26.1 Å². The normalized spacial score (nSPS) is 10.0. The van der Waals surface area contributed by atoms with Crippen LogP contribution < -0.4 is 0 Å². The van der Waals surface area contributed by atoms with Crippen LogP contribution in [0.4, 0.5) is 0 Å². The Balaban J connectivity index is 3.22. The Morgan fingerprint density at radius 2 is 2.20 bits per heavy atom. The minimum Gasteiger partial charge on any atom is -0.506 e. The van der Waals surface area contributed by atoms with Crippen LogP contribution in [-0.2, 0) is 6.42 Å². The van der Waals surface area contributed by atoms with E-state index in [-0.39, 0.29) is 5.75 Å². The molecule has 0 aromatic heterocycles. The maximum Gasteiger partial charge on any atom is 0.141 e. The molecule has 0 spiro atoms. The standard InChI is InChI=1S/C12H13NOS/c1-8(2)3-9-4-10(6-13)12(14)11(5-9)7-15/h4-5,7-8,14H,3H2,1-2H3. The quantitative estimate of drug-likeness (QED) is 0.795. The Morgan fingerprint density at radius 1 is 1.53 bits per heavy atom. The van der Waals surface area contributed by atoms with Gasteiger partial charge >= 0.3 is 0 Å². The highest BCUT2D eigenvalue weighted by atomic mass is 32.1. The smallest absolute Gasteiger partial charge is 0.141 e. The Hall–Kier alpha value is -1.40. The number of thiocarbonyl (C=S) groups is 1. The van der Waals surface area contributed by atoms with Crippen molar-refractivity contribution < 1.29 is 5.11 Å². The van der Waals surface area contributed by atoms with Crippen molar-refractivity contribution in [2.24, 2.45) is 5.92 Å². The lowest BCUT2D eigenvalue weighted by Gasteiger charge is -2.08. The van der Waals surface area contributed by atoms with Crippen LogP contribution in [0.3, 0.4) is 0 Å². The van der Waals surface area contributed by atoms with E-state index < -0.39 is 0 Å². The van der Waals surface area contributed by atoms with Gasteiger partial charge in [0.05, 0.1) is 5.56 Å². The molecular formula is C12H13NOS. The van der Waals surface area contributed by atoms with Gasteiger partial charge in [-0.15, -0.1) is 0 Å². The van der Waals surface area contributed by atoms with Crippen molar-refractivity contribution in [3.8, 4) is 11.8 Å². The number of nitriles is 1. The van der Waals surface area contributed by atoms with Crippen molar-refractivity contribution in [3.05, 3.63) is 28.8 Å². The lowest BCUT2D eigenvalue weighted by molar-refractivity contribution is 0.472. The molecule has 0 atom stereocenters. The summed E-state index contributed by atoms with van der Waals surface area (Å²) in [6.07, 6.45) is 0.880. The molecule has 78 valence electrons. The lowest BCUT2D eigenvalue weighted by atomic mass is 9.98. The van der Waals surface area contributed by atoms with Crippen molar-refractivity contribution in [3.63, 3.8) is 0 Å². The van der Waals surface area contributed by atoms with E-state index in [0.29, 0.717) is 17.0 Å². The molecule has 0 aliphatic heterocycles. The van der Waals surface area contributed by atoms with Crippen LogP contribution in [0.15, 0.2) is 12.1 Å². The Morgan fingerprint density at radius 3 is 2.67 bits per heavy atom. The second-order valence-electron chi connectivity index (χ2n) is 3.91. The van der Waals surface area contributed by atoms with Gasteiger partial charge in [0.1, 0.15) is 11.8 Å². The summed E-state index contributed by atoms with van der Waals surface area (Å²) in [4.78, 5) is 0. The zero-order valence-electron chi connectivity index (χ0n) is 8.82. The van der Waals surface area contributed by atoms with Crippen molar-refractivity contribution in [1.82, 2.24) is 0 Å². The average Bonchev–Trinajstić information content (AvgIpc) is 2.19. The van der Waals surface area contributed by atoms with Crippen LogP contribution in [0.2, 0.25) is 0 Å². The topological polar surface area (TPSA) is 44.0 Å². The van der Waals surface area contributed by atoms with Crippen molar-refractivity contribution in [1.29, 1.82) is 5.26 Å². The molecule has 2 nitrogen and oxygen atoms in total. The Bertz CT molecular complexity index is 418. The Labute approximate surface area is 95.2 Å². The summed E-state index contributed by atoms with van der Waals surface area (Å²) >= 11 is 4.79. The molecule has 0 saturated carbocycles. The van der Waals surface area contributed by atoms with E-state index in [1.807, 2.05) is 12.1 Å². The third-order valence-electron chi connectivity index (χ3n) is 2.09. The van der Waals surface area contributed by atoms with Crippen LogP contribution in [-0.4, -0.2) is 10.5 Å². The number of phenolic OH excluding ortho intramolecular Hbond substituents is 1. The van der Waals surface area contributed by atoms with Gasteiger partial charge in [0.2, 0.25) is 0 Å². The van der Waals surface area contributed by atoms with Gasteiger partial charge in [0.25, 0.3) is 0 Å². The summed E-state index contributed by atoms with van der Waals surface area (Å²) in [7, 11) is 0. The number of hydrogen-bond acceptors (Lipinski definition) is 3. The lowest BCUT2D eigenvalue weighted by Crippen LogP contribution is -1.97. The van der Waals surface area contributed by atoms with Crippen LogP contribution in [0.1, 0.15) is 30.5 Å². The molecular weight excluding hydrogens is 206 g/mol. The van der Waals surface area contributed by atoms with Crippen molar-refractivity contribution >= 4 is 17.6 Å². The fraction of sp³-hybridized carbons (Fsp3) is 0.333. The molecule has 1 aromatic carbocycles. The first-order chi connectivity index (χ1) is 7.08. The van der Waals surface area contributed by atoms with Gasteiger partial charge in [-0.3, -0.25) is 0 Å². The summed E-state index contributed by atoms with van der Waals surface area (Å²) in [5, 5.41) is 19.9. The van der Waals surface area contributed by atoms with Gasteiger partial charge in [0.15, 0.2) is 0 Å². The molecule has 0 amide bonds. The summed E-state index contributed by atoms with van der Waals surface area (Å²) in [5.74, 6) is 0.499. The van der Waals surface area contributed by atoms with Crippen molar-refractivity contribution in [2.75, 3.05) is 0 Å². The molecule has 0 radical (unpaired) electrons. The van der Waals surface area contributed by atoms with E-state index in [2.05, 4.69) is 13.8 Å². The molecule has 1 N–H and O–H groups in total. The fourth-order valence-corrected chi connectivity index (χ4v) is 1.66. The van der Waals surface area contributed by atoms with E-state index in [9.17, 15) is 5.11 Å². The maximum atomic E-state index is 9.63. The molecule has 0 heterocycles. The van der Waals surface area contributed by atoms with Gasteiger partial charge in [-0.2, -0.15) is 5.26 Å².